The first-order valence-corrected chi connectivity index (χ1v) is 25.7. The van der Waals surface area contributed by atoms with E-state index in [2.05, 4.69) is 43.5 Å². The normalized spacial score (nSPS) is 20.7. The molecule has 0 bridgehead atoms. The number of rotatable bonds is 43. The summed E-state index contributed by atoms with van der Waals surface area (Å²) < 4.78 is 11.2. The minimum atomic E-state index is -1.57. The highest BCUT2D eigenvalue weighted by Crippen LogP contribution is 2.23. The Bertz CT molecular complexity index is 1050. The van der Waals surface area contributed by atoms with Crippen LogP contribution >= 0.6 is 0 Å². The molecule has 1 heterocycles. The van der Waals surface area contributed by atoms with Gasteiger partial charge >= 0.3 is 0 Å². The molecule has 1 fully saturated rings. The lowest BCUT2D eigenvalue weighted by molar-refractivity contribution is -0.302. The number of carbonyl (C=O) groups excluding carboxylic acids is 1. The molecule has 1 rings (SSSR count). The molecule has 0 aromatic rings. The van der Waals surface area contributed by atoms with Crippen molar-refractivity contribution in [3.8, 4) is 0 Å². The summed E-state index contributed by atoms with van der Waals surface area (Å²) in [5.74, 6) is -0.189. The molecule has 0 aliphatic carbocycles. The summed E-state index contributed by atoms with van der Waals surface area (Å²) in [5.41, 5.74) is 0. The van der Waals surface area contributed by atoms with Crippen molar-refractivity contribution in [3.05, 3.63) is 36.5 Å². The molecule has 0 aromatic heterocycles. The Morgan fingerprint density at radius 3 is 1.38 bits per heavy atom. The van der Waals surface area contributed by atoms with Crippen molar-refractivity contribution in [1.82, 2.24) is 5.32 Å². The van der Waals surface area contributed by atoms with Gasteiger partial charge in [-0.15, -0.1) is 0 Å². The molecule has 1 amide bonds. The topological polar surface area (TPSA) is 149 Å². The summed E-state index contributed by atoms with van der Waals surface area (Å²) in [5, 5.41) is 54.2. The SMILES string of the molecule is CCCCCCCCC/C=C/CC/C=C/C(O)C(COC1OC(CO)C(O)C(O)C1O)NC(=O)CCCCCCCCCCC/C=C\CCCCCCCCCCCCCC. The van der Waals surface area contributed by atoms with E-state index in [1.165, 1.54) is 173 Å². The molecule has 9 nitrogen and oxygen atoms in total. The van der Waals surface area contributed by atoms with Crippen LogP contribution in [0.15, 0.2) is 36.5 Å². The van der Waals surface area contributed by atoms with Gasteiger partial charge < -0.3 is 40.3 Å². The number of hydrogen-bond donors (Lipinski definition) is 6. The van der Waals surface area contributed by atoms with Crippen LogP contribution in [0, 0.1) is 0 Å². The predicted molar refractivity (Wildman–Crippen MR) is 253 cm³/mol. The Kier molecular flexibility index (Phi) is 39.9. The quantitative estimate of drug-likeness (QED) is 0.0262. The van der Waals surface area contributed by atoms with Gasteiger partial charge in [-0.3, -0.25) is 4.79 Å². The number of unbranched alkanes of at least 4 members (excludes halogenated alkanes) is 29. The highest BCUT2D eigenvalue weighted by atomic mass is 16.7. The average molecular weight is 864 g/mol. The molecule has 1 aliphatic rings. The van der Waals surface area contributed by atoms with Gasteiger partial charge in [0.1, 0.15) is 24.4 Å². The van der Waals surface area contributed by atoms with Crippen LogP contribution in [0.2, 0.25) is 0 Å². The minimum absolute atomic E-state index is 0.189. The van der Waals surface area contributed by atoms with Gasteiger partial charge in [0.2, 0.25) is 5.91 Å². The zero-order chi connectivity index (χ0) is 44.4. The maximum absolute atomic E-state index is 13.0. The Labute approximate surface area is 374 Å². The fourth-order valence-corrected chi connectivity index (χ4v) is 8.05. The van der Waals surface area contributed by atoms with Crippen molar-refractivity contribution in [3.63, 3.8) is 0 Å². The molecule has 9 heteroatoms. The Morgan fingerprint density at radius 2 is 0.934 bits per heavy atom. The third-order valence-electron chi connectivity index (χ3n) is 12.2. The van der Waals surface area contributed by atoms with Crippen LogP contribution in [0.1, 0.15) is 232 Å². The standard InChI is InChI=1S/C52H97NO8/c1-3-5-7-9-11-13-15-17-18-19-20-21-22-23-24-25-26-27-28-30-32-34-36-38-40-42-48(56)53-45(44-60-52-51(59)50(58)49(57)47(43-54)61-52)46(55)41-39-37-35-33-31-29-16-14-12-10-8-6-4-2/h23-24,31,33,39,41,45-47,49-52,54-55,57-59H,3-22,25-30,32,34-38,40,42-44H2,1-2H3,(H,53,56)/b24-23-,33-31+,41-39+. The van der Waals surface area contributed by atoms with E-state index in [4.69, 9.17) is 9.47 Å². The second-order valence-corrected chi connectivity index (χ2v) is 18.0. The van der Waals surface area contributed by atoms with Crippen molar-refractivity contribution < 1.29 is 39.8 Å². The molecular weight excluding hydrogens is 767 g/mol. The third kappa shape index (κ3) is 32.7. The second kappa shape index (κ2) is 42.4. The zero-order valence-corrected chi connectivity index (χ0v) is 39.4. The summed E-state index contributed by atoms with van der Waals surface area (Å²) in [6, 6.07) is -0.821. The molecule has 1 saturated heterocycles. The van der Waals surface area contributed by atoms with E-state index >= 15 is 0 Å². The molecule has 0 radical (unpaired) electrons. The van der Waals surface area contributed by atoms with Crippen LogP contribution < -0.4 is 5.32 Å². The van der Waals surface area contributed by atoms with Crippen molar-refractivity contribution >= 4 is 5.91 Å². The first-order chi connectivity index (χ1) is 29.8. The van der Waals surface area contributed by atoms with Crippen LogP contribution in [-0.2, 0) is 14.3 Å². The number of aliphatic hydroxyl groups excluding tert-OH is 5. The largest absolute Gasteiger partial charge is 0.394 e. The number of allylic oxidation sites excluding steroid dienone is 5. The number of nitrogens with one attached hydrogen (secondary N) is 1. The van der Waals surface area contributed by atoms with Gasteiger partial charge in [0, 0.05) is 6.42 Å². The van der Waals surface area contributed by atoms with Gasteiger partial charge in [0.15, 0.2) is 6.29 Å². The van der Waals surface area contributed by atoms with Crippen LogP contribution in [0.25, 0.3) is 0 Å². The molecule has 7 atom stereocenters. The highest BCUT2D eigenvalue weighted by molar-refractivity contribution is 5.76. The van der Waals surface area contributed by atoms with Crippen LogP contribution in [-0.4, -0.2) is 87.5 Å². The Hall–Kier alpha value is -1.59. The number of ether oxygens (including phenoxy) is 2. The smallest absolute Gasteiger partial charge is 0.220 e. The first-order valence-electron chi connectivity index (χ1n) is 25.7. The van der Waals surface area contributed by atoms with E-state index in [1.54, 1.807) is 6.08 Å². The van der Waals surface area contributed by atoms with E-state index in [9.17, 15) is 30.3 Å². The van der Waals surface area contributed by atoms with Gasteiger partial charge in [-0.25, -0.2) is 0 Å². The van der Waals surface area contributed by atoms with Gasteiger partial charge in [0.05, 0.1) is 25.4 Å². The van der Waals surface area contributed by atoms with Crippen LogP contribution in [0.5, 0.6) is 0 Å². The minimum Gasteiger partial charge on any atom is -0.394 e. The predicted octanol–water partition coefficient (Wildman–Crippen LogP) is 11.6. The summed E-state index contributed by atoms with van der Waals surface area (Å²) in [6.45, 7) is 3.76. The van der Waals surface area contributed by atoms with Gasteiger partial charge in [-0.1, -0.05) is 204 Å². The van der Waals surface area contributed by atoms with E-state index < -0.39 is 49.5 Å². The maximum atomic E-state index is 13.0. The number of hydrogen-bond acceptors (Lipinski definition) is 8. The van der Waals surface area contributed by atoms with E-state index in [0.29, 0.717) is 6.42 Å². The van der Waals surface area contributed by atoms with Gasteiger partial charge in [0.25, 0.3) is 0 Å². The molecule has 358 valence electrons. The summed E-state index contributed by atoms with van der Waals surface area (Å²) >= 11 is 0. The molecule has 61 heavy (non-hydrogen) atoms. The molecule has 0 saturated carbocycles. The van der Waals surface area contributed by atoms with Crippen molar-refractivity contribution in [2.75, 3.05) is 13.2 Å². The van der Waals surface area contributed by atoms with Crippen LogP contribution in [0.3, 0.4) is 0 Å². The maximum Gasteiger partial charge on any atom is 0.220 e. The molecule has 1 aliphatic heterocycles. The number of aliphatic hydroxyl groups is 5. The molecular formula is C52H97NO8. The van der Waals surface area contributed by atoms with Gasteiger partial charge in [-0.2, -0.15) is 0 Å². The zero-order valence-electron chi connectivity index (χ0n) is 39.4. The Morgan fingerprint density at radius 1 is 0.541 bits per heavy atom. The average Bonchev–Trinajstić information content (AvgIpc) is 3.26. The van der Waals surface area contributed by atoms with E-state index in [-0.39, 0.29) is 12.5 Å². The molecule has 6 N–H and O–H groups in total. The molecule has 0 spiro atoms. The van der Waals surface area contributed by atoms with E-state index in [1.807, 2.05) is 6.08 Å². The summed E-state index contributed by atoms with van der Waals surface area (Å²) in [7, 11) is 0. The van der Waals surface area contributed by atoms with Crippen molar-refractivity contribution in [1.29, 1.82) is 0 Å². The summed E-state index contributed by atoms with van der Waals surface area (Å²) in [6.07, 6.45) is 46.3. The van der Waals surface area contributed by atoms with Gasteiger partial charge in [-0.05, 0) is 57.8 Å². The lowest BCUT2D eigenvalue weighted by Gasteiger charge is -2.40. The number of carbonyl (C=O) groups is 1. The molecule has 0 aromatic carbocycles. The first kappa shape index (κ1) is 57.4. The third-order valence-corrected chi connectivity index (χ3v) is 12.2. The lowest BCUT2D eigenvalue weighted by atomic mass is 9.99. The highest BCUT2D eigenvalue weighted by Gasteiger charge is 2.44. The monoisotopic (exact) mass is 864 g/mol. The fraction of sp³-hybridized carbons (Fsp3) is 0.865. The van der Waals surface area contributed by atoms with Crippen molar-refractivity contribution in [2.45, 2.75) is 275 Å². The Balaban J connectivity index is 2.25. The van der Waals surface area contributed by atoms with E-state index in [0.717, 1.165) is 38.5 Å². The molecule has 7 unspecified atom stereocenters. The lowest BCUT2D eigenvalue weighted by Crippen LogP contribution is -2.60. The van der Waals surface area contributed by atoms with Crippen LogP contribution in [0.4, 0.5) is 0 Å². The summed E-state index contributed by atoms with van der Waals surface area (Å²) in [4.78, 5) is 13.0. The number of amides is 1. The second-order valence-electron chi connectivity index (χ2n) is 18.0. The fourth-order valence-electron chi connectivity index (χ4n) is 8.05. The van der Waals surface area contributed by atoms with Crippen molar-refractivity contribution in [2.24, 2.45) is 0 Å².